The molecular weight excluding hydrogens is 218 g/mol. The van der Waals surface area contributed by atoms with E-state index in [2.05, 4.69) is 20.3 Å². The van der Waals surface area contributed by atoms with Gasteiger partial charge in [-0.1, -0.05) is 0 Å². The molecule has 1 heterocycles. The summed E-state index contributed by atoms with van der Waals surface area (Å²) in [7, 11) is 1.53. The normalized spacial score (nSPS) is 19.4. The lowest BCUT2D eigenvalue weighted by Crippen LogP contribution is -2.25. The molecule has 0 saturated heterocycles. The molecule has 1 aromatic heterocycles. The molecule has 0 amide bonds. The molecule has 0 aliphatic heterocycles. The Hall–Kier alpha value is -1.59. The van der Waals surface area contributed by atoms with Gasteiger partial charge in [-0.2, -0.15) is 15.0 Å². The second-order valence-corrected chi connectivity index (χ2v) is 4.85. The fourth-order valence-corrected chi connectivity index (χ4v) is 2.21. The van der Waals surface area contributed by atoms with Crippen molar-refractivity contribution in [2.24, 2.45) is 11.8 Å². The number of aromatic nitrogens is 3. The number of nitrogens with two attached hydrogens (primary N) is 1. The van der Waals surface area contributed by atoms with Crippen LogP contribution in [0.25, 0.3) is 0 Å². The summed E-state index contributed by atoms with van der Waals surface area (Å²) < 4.78 is 4.99. The van der Waals surface area contributed by atoms with E-state index in [9.17, 15) is 0 Å². The summed E-state index contributed by atoms with van der Waals surface area (Å²) in [5.74, 6) is 2.31. The van der Waals surface area contributed by atoms with Crippen molar-refractivity contribution in [2.45, 2.75) is 31.7 Å². The summed E-state index contributed by atoms with van der Waals surface area (Å²) in [4.78, 5) is 12.2. The van der Waals surface area contributed by atoms with Crippen molar-refractivity contribution >= 4 is 11.9 Å². The number of ether oxygens (including phenoxy) is 1. The average Bonchev–Trinajstić information content (AvgIpc) is 3.16. The molecule has 3 rings (SSSR count). The molecule has 2 aliphatic rings. The van der Waals surface area contributed by atoms with E-state index in [0.717, 1.165) is 11.8 Å². The lowest BCUT2D eigenvalue weighted by atomic mass is 10.1. The Bertz CT molecular complexity index is 404. The maximum absolute atomic E-state index is 5.61. The van der Waals surface area contributed by atoms with E-state index >= 15 is 0 Å². The van der Waals surface area contributed by atoms with E-state index in [0.29, 0.717) is 12.0 Å². The zero-order valence-corrected chi connectivity index (χ0v) is 9.89. The minimum Gasteiger partial charge on any atom is -0.467 e. The van der Waals surface area contributed by atoms with E-state index in [1.165, 1.54) is 32.8 Å². The smallest absolute Gasteiger partial charge is 0.322 e. The molecule has 2 saturated carbocycles. The monoisotopic (exact) mass is 235 g/mol. The lowest BCUT2D eigenvalue weighted by Gasteiger charge is -2.17. The number of rotatable bonds is 5. The molecule has 6 heteroatoms. The fourth-order valence-electron chi connectivity index (χ4n) is 2.21. The number of methoxy groups -OCH3 is 1. The van der Waals surface area contributed by atoms with Crippen molar-refractivity contribution in [1.29, 1.82) is 0 Å². The number of hydrogen-bond donors (Lipinski definition) is 2. The van der Waals surface area contributed by atoms with Crippen molar-refractivity contribution in [3.05, 3.63) is 0 Å². The highest BCUT2D eigenvalue weighted by Gasteiger charge is 2.41. The summed E-state index contributed by atoms with van der Waals surface area (Å²) >= 11 is 0. The second-order valence-electron chi connectivity index (χ2n) is 4.85. The van der Waals surface area contributed by atoms with Crippen molar-refractivity contribution < 1.29 is 4.74 Å². The molecule has 0 aromatic carbocycles. The van der Waals surface area contributed by atoms with Crippen molar-refractivity contribution in [3.8, 4) is 6.01 Å². The highest BCUT2D eigenvalue weighted by molar-refractivity contribution is 5.34. The molecule has 0 unspecified atom stereocenters. The zero-order chi connectivity index (χ0) is 11.8. The Balaban J connectivity index is 1.76. The van der Waals surface area contributed by atoms with Gasteiger partial charge in [0.1, 0.15) is 0 Å². The van der Waals surface area contributed by atoms with Gasteiger partial charge in [0, 0.05) is 6.04 Å². The predicted octanol–water partition coefficient (Wildman–Crippen LogP) is 1.06. The zero-order valence-electron chi connectivity index (χ0n) is 9.89. The van der Waals surface area contributed by atoms with Crippen LogP contribution in [-0.2, 0) is 0 Å². The Morgan fingerprint density at radius 2 is 1.82 bits per heavy atom. The van der Waals surface area contributed by atoms with Crippen LogP contribution in [0.2, 0.25) is 0 Å². The third kappa shape index (κ3) is 2.40. The molecule has 0 atom stereocenters. The third-order valence-corrected chi connectivity index (χ3v) is 3.37. The molecule has 3 N–H and O–H groups in total. The van der Waals surface area contributed by atoms with Crippen LogP contribution in [0.4, 0.5) is 11.9 Å². The minimum atomic E-state index is 0.199. The maximum Gasteiger partial charge on any atom is 0.322 e. The highest BCUT2D eigenvalue weighted by atomic mass is 16.5. The second kappa shape index (κ2) is 4.01. The van der Waals surface area contributed by atoms with Crippen molar-refractivity contribution in [2.75, 3.05) is 18.2 Å². The molecule has 1 aromatic rings. The molecule has 2 fully saturated rings. The summed E-state index contributed by atoms with van der Waals surface area (Å²) in [5, 5.41) is 3.40. The van der Waals surface area contributed by atoms with Gasteiger partial charge in [0.25, 0.3) is 0 Å². The van der Waals surface area contributed by atoms with Crippen LogP contribution in [0.3, 0.4) is 0 Å². The number of nitrogen functional groups attached to an aromatic ring is 1. The highest BCUT2D eigenvalue weighted by Crippen LogP contribution is 2.45. The van der Waals surface area contributed by atoms with Crippen LogP contribution in [0.1, 0.15) is 25.7 Å². The first-order valence-electron chi connectivity index (χ1n) is 6.08. The number of anilines is 2. The topological polar surface area (TPSA) is 86.0 Å². The Morgan fingerprint density at radius 3 is 2.35 bits per heavy atom. The average molecular weight is 235 g/mol. The van der Waals surface area contributed by atoms with Gasteiger partial charge >= 0.3 is 6.01 Å². The molecule has 2 aliphatic carbocycles. The number of hydrogen-bond acceptors (Lipinski definition) is 6. The first kappa shape index (κ1) is 10.6. The molecule has 0 spiro atoms. The number of nitrogens with one attached hydrogen (secondary N) is 1. The predicted molar refractivity (Wildman–Crippen MR) is 63.7 cm³/mol. The maximum atomic E-state index is 5.61. The van der Waals surface area contributed by atoms with Gasteiger partial charge in [-0.05, 0) is 37.5 Å². The van der Waals surface area contributed by atoms with Gasteiger partial charge in [-0.3, -0.25) is 0 Å². The summed E-state index contributed by atoms with van der Waals surface area (Å²) in [6, 6.07) is 0.770. The largest absolute Gasteiger partial charge is 0.467 e. The fraction of sp³-hybridized carbons (Fsp3) is 0.727. The van der Waals surface area contributed by atoms with E-state index in [-0.39, 0.29) is 12.0 Å². The Morgan fingerprint density at radius 1 is 1.18 bits per heavy atom. The Labute approximate surface area is 100 Å². The first-order valence-corrected chi connectivity index (χ1v) is 6.08. The van der Waals surface area contributed by atoms with Crippen LogP contribution in [0.15, 0.2) is 0 Å². The summed E-state index contributed by atoms with van der Waals surface area (Å²) in [6.45, 7) is 0. The minimum absolute atomic E-state index is 0.199. The summed E-state index contributed by atoms with van der Waals surface area (Å²) in [5.41, 5.74) is 5.61. The van der Waals surface area contributed by atoms with Crippen molar-refractivity contribution in [1.82, 2.24) is 15.0 Å². The van der Waals surface area contributed by atoms with Crippen LogP contribution in [-0.4, -0.2) is 28.1 Å². The van der Waals surface area contributed by atoms with Crippen LogP contribution >= 0.6 is 0 Å². The van der Waals surface area contributed by atoms with Crippen LogP contribution in [0.5, 0.6) is 6.01 Å². The van der Waals surface area contributed by atoms with Gasteiger partial charge < -0.3 is 15.8 Å². The number of nitrogens with zero attached hydrogens (tertiary/aromatic N) is 3. The SMILES string of the molecule is COc1nc(N)nc(NC(C2CC2)C2CC2)n1. The molecule has 17 heavy (non-hydrogen) atoms. The first-order chi connectivity index (χ1) is 8.26. The van der Waals surface area contributed by atoms with E-state index < -0.39 is 0 Å². The standard InChI is InChI=1S/C11H17N5O/c1-17-11-15-9(12)14-10(16-11)13-8(6-2-3-6)7-4-5-7/h6-8H,2-5H2,1H3,(H3,12,13,14,15,16). The van der Waals surface area contributed by atoms with Crippen LogP contribution in [0, 0.1) is 11.8 Å². The molecule has 0 bridgehead atoms. The van der Waals surface area contributed by atoms with Gasteiger partial charge in [-0.15, -0.1) is 0 Å². The van der Waals surface area contributed by atoms with Crippen LogP contribution < -0.4 is 15.8 Å². The van der Waals surface area contributed by atoms with Gasteiger partial charge in [-0.25, -0.2) is 0 Å². The summed E-state index contributed by atoms with van der Waals surface area (Å²) in [6.07, 6.45) is 5.25. The lowest BCUT2D eigenvalue weighted by molar-refractivity contribution is 0.379. The van der Waals surface area contributed by atoms with E-state index in [4.69, 9.17) is 10.5 Å². The Kier molecular flexibility index (Phi) is 2.49. The van der Waals surface area contributed by atoms with Gasteiger partial charge in [0.2, 0.25) is 11.9 Å². The molecular formula is C11H17N5O. The van der Waals surface area contributed by atoms with E-state index in [1.54, 1.807) is 0 Å². The molecule has 6 nitrogen and oxygen atoms in total. The quantitative estimate of drug-likeness (QED) is 0.793. The molecule has 92 valence electrons. The third-order valence-electron chi connectivity index (χ3n) is 3.37. The van der Waals surface area contributed by atoms with Gasteiger partial charge in [0.15, 0.2) is 0 Å². The van der Waals surface area contributed by atoms with Gasteiger partial charge in [0.05, 0.1) is 7.11 Å². The van der Waals surface area contributed by atoms with Crippen molar-refractivity contribution in [3.63, 3.8) is 0 Å². The molecule has 0 radical (unpaired) electrons. The van der Waals surface area contributed by atoms with E-state index in [1.807, 2.05) is 0 Å².